The van der Waals surface area contributed by atoms with Gasteiger partial charge in [-0.1, -0.05) is 18.2 Å². The van der Waals surface area contributed by atoms with Gasteiger partial charge in [-0.25, -0.2) is 0 Å². The van der Waals surface area contributed by atoms with Crippen molar-refractivity contribution in [3.8, 4) is 5.75 Å². The molecule has 1 aliphatic heterocycles. The summed E-state index contributed by atoms with van der Waals surface area (Å²) in [7, 11) is 1.69. The van der Waals surface area contributed by atoms with E-state index in [1.54, 1.807) is 21.0 Å². The number of piperazine rings is 1. The Morgan fingerprint density at radius 2 is 1.74 bits per heavy atom. The molecule has 1 heterocycles. The van der Waals surface area contributed by atoms with Crippen molar-refractivity contribution >= 4 is 30.7 Å². The van der Waals surface area contributed by atoms with Crippen molar-refractivity contribution in [1.29, 1.82) is 0 Å². The van der Waals surface area contributed by atoms with E-state index in [4.69, 9.17) is 10.5 Å². The molecule has 1 aromatic carbocycles. The number of carbonyl (C=O) groups excluding carboxylic acids is 1. The first-order chi connectivity index (χ1) is 9.91. The number of carbonyl (C=O) groups is 1. The predicted molar refractivity (Wildman–Crippen MR) is 97.6 cm³/mol. The number of para-hydroxylation sites is 1. The number of amides is 1. The van der Waals surface area contributed by atoms with E-state index in [0.29, 0.717) is 0 Å². The monoisotopic (exact) mass is 363 g/mol. The van der Waals surface area contributed by atoms with Gasteiger partial charge in [0.25, 0.3) is 0 Å². The van der Waals surface area contributed by atoms with Gasteiger partial charge in [0, 0.05) is 38.3 Å². The zero-order chi connectivity index (χ0) is 15.5. The Kier molecular flexibility index (Phi) is 8.92. The number of methoxy groups -OCH3 is 1. The van der Waals surface area contributed by atoms with Crippen molar-refractivity contribution in [2.45, 2.75) is 25.9 Å². The zero-order valence-electron chi connectivity index (χ0n) is 13.9. The smallest absolute Gasteiger partial charge is 0.242 e. The molecule has 1 fully saturated rings. The molecule has 0 unspecified atom stereocenters. The lowest BCUT2D eigenvalue weighted by atomic mass is 10.0. The minimum Gasteiger partial charge on any atom is -0.496 e. The van der Waals surface area contributed by atoms with Crippen LogP contribution in [0.4, 0.5) is 0 Å². The van der Waals surface area contributed by atoms with E-state index < -0.39 is 5.54 Å². The van der Waals surface area contributed by atoms with Gasteiger partial charge in [-0.15, -0.1) is 24.8 Å². The summed E-state index contributed by atoms with van der Waals surface area (Å²) < 4.78 is 5.38. The van der Waals surface area contributed by atoms with Crippen LogP contribution >= 0.6 is 24.8 Å². The first-order valence-electron chi connectivity index (χ1n) is 7.34. The molecule has 0 bridgehead atoms. The van der Waals surface area contributed by atoms with Crippen LogP contribution in [-0.4, -0.2) is 54.5 Å². The molecule has 0 spiro atoms. The first kappa shape index (κ1) is 22.0. The Bertz CT molecular complexity index is 498. The molecule has 0 aromatic heterocycles. The van der Waals surface area contributed by atoms with Crippen molar-refractivity contribution in [2.75, 3.05) is 33.3 Å². The molecule has 132 valence electrons. The van der Waals surface area contributed by atoms with Crippen molar-refractivity contribution in [1.82, 2.24) is 9.80 Å². The van der Waals surface area contributed by atoms with Gasteiger partial charge in [0.05, 0.1) is 12.6 Å². The predicted octanol–water partition coefficient (Wildman–Crippen LogP) is 1.92. The quantitative estimate of drug-likeness (QED) is 0.887. The largest absolute Gasteiger partial charge is 0.496 e. The Labute approximate surface area is 151 Å². The molecule has 0 saturated carbocycles. The number of rotatable bonds is 4. The van der Waals surface area contributed by atoms with Crippen LogP contribution in [0.5, 0.6) is 5.75 Å². The summed E-state index contributed by atoms with van der Waals surface area (Å²) >= 11 is 0. The lowest BCUT2D eigenvalue weighted by Crippen LogP contribution is -2.56. The average molecular weight is 364 g/mol. The fourth-order valence-corrected chi connectivity index (χ4v) is 2.59. The molecular formula is C16H27Cl2N3O2. The van der Waals surface area contributed by atoms with Crippen LogP contribution in [0.15, 0.2) is 24.3 Å². The van der Waals surface area contributed by atoms with Crippen LogP contribution in [-0.2, 0) is 11.3 Å². The normalized spacial score (nSPS) is 15.4. The van der Waals surface area contributed by atoms with Crippen LogP contribution < -0.4 is 10.5 Å². The number of halogens is 2. The standard InChI is InChI=1S/C16H25N3O2.2ClH/c1-16(2,17)15(20)19-10-8-18(9-11-19)12-13-6-4-5-7-14(13)21-3;;/h4-7H,8-12,17H2,1-3H3;2*1H. The first-order valence-corrected chi connectivity index (χ1v) is 7.34. The highest BCUT2D eigenvalue weighted by molar-refractivity contribution is 5.86. The minimum absolute atomic E-state index is 0. The van der Waals surface area contributed by atoms with E-state index in [0.717, 1.165) is 38.5 Å². The zero-order valence-corrected chi connectivity index (χ0v) is 15.6. The molecule has 1 aromatic rings. The molecule has 2 N–H and O–H groups in total. The maximum Gasteiger partial charge on any atom is 0.242 e. The summed E-state index contributed by atoms with van der Waals surface area (Å²) in [4.78, 5) is 16.3. The topological polar surface area (TPSA) is 58.8 Å². The number of benzene rings is 1. The molecule has 1 saturated heterocycles. The lowest BCUT2D eigenvalue weighted by Gasteiger charge is -2.37. The Hall–Kier alpha value is -1.01. The van der Waals surface area contributed by atoms with Crippen molar-refractivity contribution in [3.63, 3.8) is 0 Å². The summed E-state index contributed by atoms with van der Waals surface area (Å²) in [5, 5.41) is 0. The summed E-state index contributed by atoms with van der Waals surface area (Å²) in [5.74, 6) is 0.943. The minimum atomic E-state index is -0.787. The maximum absolute atomic E-state index is 12.1. The average Bonchev–Trinajstić information content (AvgIpc) is 2.47. The fourth-order valence-electron chi connectivity index (χ4n) is 2.59. The fraction of sp³-hybridized carbons (Fsp3) is 0.562. The SMILES string of the molecule is COc1ccccc1CN1CCN(C(=O)C(C)(C)N)CC1.Cl.Cl. The Morgan fingerprint density at radius 1 is 1.17 bits per heavy atom. The summed E-state index contributed by atoms with van der Waals surface area (Å²) in [6.07, 6.45) is 0. The van der Waals surface area contributed by atoms with Gasteiger partial charge in [-0.05, 0) is 19.9 Å². The van der Waals surface area contributed by atoms with Crippen molar-refractivity contribution < 1.29 is 9.53 Å². The van der Waals surface area contributed by atoms with Gasteiger partial charge in [0.15, 0.2) is 0 Å². The third-order valence-electron chi connectivity index (χ3n) is 3.80. The van der Waals surface area contributed by atoms with E-state index in [-0.39, 0.29) is 30.7 Å². The molecule has 0 atom stereocenters. The molecule has 1 amide bonds. The van der Waals surface area contributed by atoms with Crippen LogP contribution in [0.1, 0.15) is 19.4 Å². The highest BCUT2D eigenvalue weighted by Gasteiger charge is 2.30. The van der Waals surface area contributed by atoms with Gasteiger partial charge < -0.3 is 15.4 Å². The summed E-state index contributed by atoms with van der Waals surface area (Å²) in [5.41, 5.74) is 6.28. The van der Waals surface area contributed by atoms with Crippen LogP contribution in [0.2, 0.25) is 0 Å². The molecule has 0 aliphatic carbocycles. The summed E-state index contributed by atoms with van der Waals surface area (Å²) in [6.45, 7) is 7.55. The second-order valence-electron chi connectivity index (χ2n) is 6.10. The van der Waals surface area contributed by atoms with Gasteiger partial charge in [-0.3, -0.25) is 9.69 Å². The van der Waals surface area contributed by atoms with E-state index in [1.807, 2.05) is 23.1 Å². The number of nitrogens with zero attached hydrogens (tertiary/aromatic N) is 2. The second-order valence-corrected chi connectivity index (χ2v) is 6.10. The molecule has 0 radical (unpaired) electrons. The molecule has 2 rings (SSSR count). The number of nitrogens with two attached hydrogens (primary N) is 1. The van der Waals surface area contributed by atoms with Crippen LogP contribution in [0.3, 0.4) is 0 Å². The molecule has 7 heteroatoms. The van der Waals surface area contributed by atoms with E-state index >= 15 is 0 Å². The van der Waals surface area contributed by atoms with Crippen LogP contribution in [0.25, 0.3) is 0 Å². The highest BCUT2D eigenvalue weighted by Crippen LogP contribution is 2.20. The lowest BCUT2D eigenvalue weighted by molar-refractivity contribution is -0.137. The number of hydrogen-bond acceptors (Lipinski definition) is 4. The Morgan fingerprint density at radius 3 is 2.26 bits per heavy atom. The number of ether oxygens (including phenoxy) is 1. The van der Waals surface area contributed by atoms with Crippen LogP contribution in [0, 0.1) is 0 Å². The van der Waals surface area contributed by atoms with Crippen molar-refractivity contribution in [3.05, 3.63) is 29.8 Å². The molecule has 1 aliphatic rings. The van der Waals surface area contributed by atoms with Gasteiger partial charge in [0.1, 0.15) is 5.75 Å². The van der Waals surface area contributed by atoms with E-state index in [9.17, 15) is 4.79 Å². The maximum atomic E-state index is 12.1. The van der Waals surface area contributed by atoms with Gasteiger partial charge >= 0.3 is 0 Å². The molecular weight excluding hydrogens is 337 g/mol. The van der Waals surface area contributed by atoms with Crippen molar-refractivity contribution in [2.24, 2.45) is 5.73 Å². The van der Waals surface area contributed by atoms with E-state index in [2.05, 4.69) is 11.0 Å². The van der Waals surface area contributed by atoms with Gasteiger partial charge in [-0.2, -0.15) is 0 Å². The second kappa shape index (κ2) is 9.33. The number of hydrogen-bond donors (Lipinski definition) is 1. The summed E-state index contributed by atoms with van der Waals surface area (Å²) in [6, 6.07) is 8.06. The molecule has 5 nitrogen and oxygen atoms in total. The van der Waals surface area contributed by atoms with E-state index in [1.165, 1.54) is 5.56 Å². The van der Waals surface area contributed by atoms with Gasteiger partial charge in [0.2, 0.25) is 5.91 Å². The molecule has 23 heavy (non-hydrogen) atoms. The third kappa shape index (κ3) is 5.84. The highest BCUT2D eigenvalue weighted by atomic mass is 35.5. The third-order valence-corrected chi connectivity index (χ3v) is 3.80. The Balaban J connectivity index is 0.00000242.